The minimum Gasteiger partial charge on any atom is -0.495 e. The Morgan fingerprint density at radius 1 is 1.50 bits per heavy atom. The van der Waals surface area contributed by atoms with Crippen LogP contribution < -0.4 is 10.5 Å². The molecule has 0 unspecified atom stereocenters. The molecule has 2 N–H and O–H groups in total. The van der Waals surface area contributed by atoms with Gasteiger partial charge >= 0.3 is 0 Å². The van der Waals surface area contributed by atoms with Crippen LogP contribution in [0.5, 0.6) is 5.75 Å². The molecule has 0 saturated heterocycles. The molecular formula is C9H12N2O. The number of nitrogens with two attached hydrogens (primary N) is 1. The van der Waals surface area contributed by atoms with Crippen molar-refractivity contribution in [1.82, 2.24) is 4.98 Å². The summed E-state index contributed by atoms with van der Waals surface area (Å²) in [5.74, 6) is 0.782. The molecule has 0 spiro atoms. The predicted molar refractivity (Wildman–Crippen MR) is 45.9 cm³/mol. The molecule has 0 aliphatic heterocycles. The molecule has 2 rings (SSSR count). The fourth-order valence-corrected chi connectivity index (χ4v) is 1.23. The van der Waals surface area contributed by atoms with Gasteiger partial charge in [-0.2, -0.15) is 0 Å². The largest absolute Gasteiger partial charge is 0.495 e. The Morgan fingerprint density at radius 2 is 2.25 bits per heavy atom. The van der Waals surface area contributed by atoms with Crippen LogP contribution in [0.4, 0.5) is 0 Å². The van der Waals surface area contributed by atoms with Crippen molar-refractivity contribution in [3.05, 3.63) is 24.0 Å². The highest BCUT2D eigenvalue weighted by molar-refractivity contribution is 5.32. The molecule has 12 heavy (non-hydrogen) atoms. The average Bonchev–Trinajstić information content (AvgIpc) is 2.85. The van der Waals surface area contributed by atoms with E-state index in [1.54, 1.807) is 13.3 Å². The molecular weight excluding hydrogens is 152 g/mol. The summed E-state index contributed by atoms with van der Waals surface area (Å²) in [7, 11) is 1.64. The zero-order chi connectivity index (χ0) is 8.60. The second-order valence-corrected chi connectivity index (χ2v) is 3.27. The van der Waals surface area contributed by atoms with Gasteiger partial charge in [0.1, 0.15) is 5.75 Å². The van der Waals surface area contributed by atoms with Crippen LogP contribution in [0.15, 0.2) is 18.5 Å². The molecule has 1 aromatic rings. The van der Waals surface area contributed by atoms with Crippen LogP contribution in [0.1, 0.15) is 18.4 Å². The number of nitrogens with zero attached hydrogens (tertiary/aromatic N) is 1. The third kappa shape index (κ3) is 1.16. The first-order valence-electron chi connectivity index (χ1n) is 4.03. The van der Waals surface area contributed by atoms with Gasteiger partial charge in [0.05, 0.1) is 13.3 Å². The van der Waals surface area contributed by atoms with E-state index in [1.165, 1.54) is 0 Å². The number of methoxy groups -OCH3 is 1. The summed E-state index contributed by atoms with van der Waals surface area (Å²) >= 11 is 0. The maximum absolute atomic E-state index is 6.00. The molecule has 3 nitrogen and oxygen atoms in total. The fraction of sp³-hybridized carbons (Fsp3) is 0.444. The zero-order valence-corrected chi connectivity index (χ0v) is 7.08. The quantitative estimate of drug-likeness (QED) is 0.710. The fourth-order valence-electron chi connectivity index (χ4n) is 1.23. The number of hydrogen-bond acceptors (Lipinski definition) is 3. The topological polar surface area (TPSA) is 48.1 Å². The van der Waals surface area contributed by atoms with Crippen LogP contribution >= 0.6 is 0 Å². The highest BCUT2D eigenvalue weighted by Crippen LogP contribution is 2.42. The van der Waals surface area contributed by atoms with Gasteiger partial charge in [-0.05, 0) is 24.5 Å². The zero-order valence-electron chi connectivity index (χ0n) is 7.08. The van der Waals surface area contributed by atoms with Gasteiger partial charge in [0, 0.05) is 11.7 Å². The average molecular weight is 164 g/mol. The Bertz CT molecular complexity index is 294. The van der Waals surface area contributed by atoms with E-state index in [0.717, 1.165) is 24.2 Å². The van der Waals surface area contributed by atoms with E-state index in [2.05, 4.69) is 4.98 Å². The SMILES string of the molecule is COc1cncc(C2(N)CC2)c1. The third-order valence-corrected chi connectivity index (χ3v) is 2.31. The lowest BCUT2D eigenvalue weighted by Crippen LogP contribution is -2.18. The van der Waals surface area contributed by atoms with Crippen molar-refractivity contribution in [3.63, 3.8) is 0 Å². The van der Waals surface area contributed by atoms with Crippen molar-refractivity contribution in [2.24, 2.45) is 5.73 Å². The van der Waals surface area contributed by atoms with Crippen LogP contribution in [0.3, 0.4) is 0 Å². The Hall–Kier alpha value is -1.09. The lowest BCUT2D eigenvalue weighted by Gasteiger charge is -2.08. The number of hydrogen-bond donors (Lipinski definition) is 1. The van der Waals surface area contributed by atoms with E-state index in [1.807, 2.05) is 12.3 Å². The van der Waals surface area contributed by atoms with Crippen molar-refractivity contribution in [3.8, 4) is 5.75 Å². The van der Waals surface area contributed by atoms with Gasteiger partial charge in [0.2, 0.25) is 0 Å². The monoisotopic (exact) mass is 164 g/mol. The minimum atomic E-state index is -0.110. The second kappa shape index (κ2) is 2.45. The molecule has 1 aromatic heterocycles. The third-order valence-electron chi connectivity index (χ3n) is 2.31. The molecule has 1 aliphatic carbocycles. The van der Waals surface area contributed by atoms with Crippen LogP contribution in [-0.2, 0) is 5.54 Å². The van der Waals surface area contributed by atoms with E-state index >= 15 is 0 Å². The Labute approximate surface area is 71.6 Å². The second-order valence-electron chi connectivity index (χ2n) is 3.27. The Kier molecular flexibility index (Phi) is 1.54. The highest BCUT2D eigenvalue weighted by atomic mass is 16.5. The van der Waals surface area contributed by atoms with Crippen LogP contribution in [-0.4, -0.2) is 12.1 Å². The van der Waals surface area contributed by atoms with Gasteiger partial charge in [0.25, 0.3) is 0 Å². The lowest BCUT2D eigenvalue weighted by molar-refractivity contribution is 0.411. The first-order chi connectivity index (χ1) is 5.74. The summed E-state index contributed by atoms with van der Waals surface area (Å²) in [5, 5.41) is 0. The first-order valence-corrected chi connectivity index (χ1v) is 4.03. The van der Waals surface area contributed by atoms with E-state index in [4.69, 9.17) is 10.5 Å². The summed E-state index contributed by atoms with van der Waals surface area (Å²) < 4.78 is 5.06. The first kappa shape index (κ1) is 7.55. The molecule has 1 saturated carbocycles. The molecule has 1 aliphatic rings. The standard InChI is InChI=1S/C9H12N2O/c1-12-8-4-7(5-11-6-8)9(10)2-3-9/h4-6H,2-3,10H2,1H3. The van der Waals surface area contributed by atoms with Gasteiger partial charge in [-0.15, -0.1) is 0 Å². The normalized spacial score (nSPS) is 18.8. The molecule has 0 radical (unpaired) electrons. The van der Waals surface area contributed by atoms with Crippen molar-refractivity contribution < 1.29 is 4.74 Å². The lowest BCUT2D eigenvalue weighted by atomic mass is 10.1. The number of rotatable bonds is 2. The van der Waals surface area contributed by atoms with E-state index in [9.17, 15) is 0 Å². The van der Waals surface area contributed by atoms with Gasteiger partial charge in [-0.3, -0.25) is 4.98 Å². The van der Waals surface area contributed by atoms with Crippen molar-refractivity contribution >= 4 is 0 Å². The smallest absolute Gasteiger partial charge is 0.137 e. The van der Waals surface area contributed by atoms with Crippen LogP contribution in [0.2, 0.25) is 0 Å². The maximum Gasteiger partial charge on any atom is 0.137 e. The highest BCUT2D eigenvalue weighted by Gasteiger charge is 2.40. The molecule has 0 amide bonds. The van der Waals surface area contributed by atoms with Crippen LogP contribution in [0.25, 0.3) is 0 Å². The molecule has 0 atom stereocenters. The summed E-state index contributed by atoms with van der Waals surface area (Å²) in [4.78, 5) is 4.06. The Balaban J connectivity index is 2.32. The summed E-state index contributed by atoms with van der Waals surface area (Å²) in [5.41, 5.74) is 6.97. The Morgan fingerprint density at radius 3 is 2.83 bits per heavy atom. The molecule has 64 valence electrons. The number of pyridine rings is 1. The van der Waals surface area contributed by atoms with E-state index < -0.39 is 0 Å². The maximum atomic E-state index is 6.00. The van der Waals surface area contributed by atoms with Gasteiger partial charge < -0.3 is 10.5 Å². The van der Waals surface area contributed by atoms with Gasteiger partial charge in [0.15, 0.2) is 0 Å². The molecule has 0 aromatic carbocycles. The van der Waals surface area contributed by atoms with Crippen molar-refractivity contribution in [2.75, 3.05) is 7.11 Å². The molecule has 0 bridgehead atoms. The van der Waals surface area contributed by atoms with Crippen molar-refractivity contribution in [2.45, 2.75) is 18.4 Å². The number of ether oxygens (including phenoxy) is 1. The molecule has 1 fully saturated rings. The molecule has 3 heteroatoms. The van der Waals surface area contributed by atoms with Gasteiger partial charge in [-0.25, -0.2) is 0 Å². The van der Waals surface area contributed by atoms with E-state index in [-0.39, 0.29) is 5.54 Å². The summed E-state index contributed by atoms with van der Waals surface area (Å²) in [6, 6.07) is 1.96. The molecule has 1 heterocycles. The predicted octanol–water partition coefficient (Wildman–Crippen LogP) is 1.04. The summed E-state index contributed by atoms with van der Waals surface area (Å²) in [6.45, 7) is 0. The number of aromatic nitrogens is 1. The van der Waals surface area contributed by atoms with Gasteiger partial charge in [-0.1, -0.05) is 0 Å². The minimum absolute atomic E-state index is 0.110. The summed E-state index contributed by atoms with van der Waals surface area (Å²) in [6.07, 6.45) is 5.62. The van der Waals surface area contributed by atoms with Crippen molar-refractivity contribution in [1.29, 1.82) is 0 Å². The van der Waals surface area contributed by atoms with E-state index in [0.29, 0.717) is 0 Å². The van der Waals surface area contributed by atoms with Crippen LogP contribution in [0, 0.1) is 0 Å².